The molecule has 3 rings (SSSR count). The van der Waals surface area contributed by atoms with Crippen molar-refractivity contribution in [3.05, 3.63) is 0 Å². The molecule has 2 nitrogen and oxygen atoms in total. The van der Waals surface area contributed by atoms with Gasteiger partial charge < -0.3 is 5.11 Å². The van der Waals surface area contributed by atoms with E-state index in [0.29, 0.717) is 17.6 Å². The molecule has 3 fully saturated rings. The number of rotatable bonds is 0. The van der Waals surface area contributed by atoms with E-state index in [9.17, 15) is 9.90 Å². The Morgan fingerprint density at radius 3 is 2.93 bits per heavy atom. The molecule has 0 heterocycles. The summed E-state index contributed by atoms with van der Waals surface area (Å²) in [5.41, 5.74) is -0.595. The lowest BCUT2D eigenvalue weighted by Crippen LogP contribution is -2.53. The van der Waals surface area contributed by atoms with Gasteiger partial charge in [0.2, 0.25) is 0 Å². The molecule has 4 atom stereocenters. The topological polar surface area (TPSA) is 37.3 Å². The lowest BCUT2D eigenvalue weighted by Gasteiger charge is -2.46. The fourth-order valence-electron chi connectivity index (χ4n) is 4.04. The molecule has 14 heavy (non-hydrogen) atoms. The molecule has 0 aromatic carbocycles. The Morgan fingerprint density at radius 1 is 1.21 bits per heavy atom. The summed E-state index contributed by atoms with van der Waals surface area (Å²) in [6.45, 7) is 0. The Bertz CT molecular complexity index is 273. The molecule has 0 amide bonds. The highest BCUT2D eigenvalue weighted by Gasteiger charge is 2.56. The van der Waals surface area contributed by atoms with Crippen LogP contribution in [0, 0.1) is 17.8 Å². The molecular formula is C12H18O2. The van der Waals surface area contributed by atoms with Crippen molar-refractivity contribution >= 4 is 5.78 Å². The Labute approximate surface area is 84.7 Å². The third-order valence-electron chi connectivity index (χ3n) is 4.81. The van der Waals surface area contributed by atoms with Crippen LogP contribution < -0.4 is 0 Å². The molecule has 0 radical (unpaired) electrons. The van der Waals surface area contributed by atoms with Gasteiger partial charge >= 0.3 is 0 Å². The molecule has 0 aromatic rings. The number of hydrogen-bond donors (Lipinski definition) is 1. The van der Waals surface area contributed by atoms with Crippen LogP contribution in [0.4, 0.5) is 0 Å². The first-order valence-corrected chi connectivity index (χ1v) is 5.98. The SMILES string of the molecule is O=C1[C@@H]2CC[C@H]1[C@]1(O)CCCC[C@@H]1C2. The maximum Gasteiger partial charge on any atom is 0.141 e. The Hall–Kier alpha value is -0.370. The molecule has 78 valence electrons. The smallest absolute Gasteiger partial charge is 0.141 e. The number of aliphatic hydroxyl groups is 1. The summed E-state index contributed by atoms with van der Waals surface area (Å²) < 4.78 is 0. The van der Waals surface area contributed by atoms with Gasteiger partial charge in [0, 0.05) is 11.8 Å². The van der Waals surface area contributed by atoms with Crippen LogP contribution in [0.3, 0.4) is 0 Å². The Morgan fingerprint density at radius 2 is 2.07 bits per heavy atom. The van der Waals surface area contributed by atoms with Gasteiger partial charge in [0.05, 0.1) is 5.60 Å². The van der Waals surface area contributed by atoms with E-state index in [1.54, 1.807) is 0 Å². The van der Waals surface area contributed by atoms with E-state index in [4.69, 9.17) is 0 Å². The molecule has 0 aliphatic heterocycles. The third kappa shape index (κ3) is 0.979. The fourth-order valence-corrected chi connectivity index (χ4v) is 4.04. The maximum absolute atomic E-state index is 11.9. The van der Waals surface area contributed by atoms with Crippen LogP contribution in [0.2, 0.25) is 0 Å². The van der Waals surface area contributed by atoms with Crippen molar-refractivity contribution in [2.24, 2.45) is 17.8 Å². The largest absolute Gasteiger partial charge is 0.389 e. The summed E-state index contributed by atoms with van der Waals surface area (Å²) >= 11 is 0. The summed E-state index contributed by atoms with van der Waals surface area (Å²) in [5, 5.41) is 10.6. The average molecular weight is 194 g/mol. The number of Topliss-reactive ketones (excluding diaryl/α,β-unsaturated/α-hetero) is 1. The Balaban J connectivity index is 1.96. The van der Waals surface area contributed by atoms with E-state index in [1.807, 2.05) is 0 Å². The Kier molecular flexibility index (Phi) is 1.79. The molecule has 2 heteroatoms. The minimum atomic E-state index is -0.595. The summed E-state index contributed by atoms with van der Waals surface area (Å²) in [7, 11) is 0. The molecule has 3 aliphatic rings. The zero-order valence-electron chi connectivity index (χ0n) is 8.54. The molecule has 0 unspecified atom stereocenters. The maximum atomic E-state index is 11.9. The van der Waals surface area contributed by atoms with E-state index >= 15 is 0 Å². The van der Waals surface area contributed by atoms with Gasteiger partial charge in [0.25, 0.3) is 0 Å². The standard InChI is InChI=1S/C12H18O2/c13-11-8-4-5-10(11)12(14)6-2-1-3-9(12)7-8/h8-10,14H,1-7H2/t8-,9-,10-,12+/m1/s1. The second kappa shape index (κ2) is 2.82. The molecule has 3 saturated carbocycles. The quantitative estimate of drug-likeness (QED) is 0.639. The van der Waals surface area contributed by atoms with Gasteiger partial charge in [0.15, 0.2) is 0 Å². The molecule has 0 aromatic heterocycles. The number of carbonyl (C=O) groups excluding carboxylic acids is 1. The van der Waals surface area contributed by atoms with Gasteiger partial charge in [-0.15, -0.1) is 0 Å². The molecule has 3 aliphatic carbocycles. The zero-order valence-corrected chi connectivity index (χ0v) is 8.54. The molecule has 1 N–H and O–H groups in total. The summed E-state index contributed by atoms with van der Waals surface area (Å²) in [5.74, 6) is 1.13. The predicted molar refractivity (Wildman–Crippen MR) is 52.7 cm³/mol. The van der Waals surface area contributed by atoms with Gasteiger partial charge in [-0.2, -0.15) is 0 Å². The average Bonchev–Trinajstić information content (AvgIpc) is 2.46. The minimum Gasteiger partial charge on any atom is -0.389 e. The highest BCUT2D eigenvalue weighted by Crippen LogP contribution is 2.53. The van der Waals surface area contributed by atoms with Crippen molar-refractivity contribution in [2.75, 3.05) is 0 Å². The lowest BCUT2D eigenvalue weighted by atomic mass is 9.62. The first-order valence-electron chi connectivity index (χ1n) is 5.98. The van der Waals surface area contributed by atoms with Crippen LogP contribution in [0.1, 0.15) is 44.9 Å². The van der Waals surface area contributed by atoms with E-state index in [1.165, 1.54) is 6.42 Å². The second-order valence-corrected chi connectivity index (χ2v) is 5.40. The molecule has 0 saturated heterocycles. The fraction of sp³-hybridized carbons (Fsp3) is 0.917. The van der Waals surface area contributed by atoms with Crippen molar-refractivity contribution < 1.29 is 9.90 Å². The zero-order chi connectivity index (χ0) is 9.76. The van der Waals surface area contributed by atoms with Gasteiger partial charge in [-0.3, -0.25) is 4.79 Å². The van der Waals surface area contributed by atoms with Crippen molar-refractivity contribution in [1.82, 2.24) is 0 Å². The van der Waals surface area contributed by atoms with Gasteiger partial charge in [-0.1, -0.05) is 12.8 Å². The number of fused-ring (bicyclic) bond motifs is 4. The van der Waals surface area contributed by atoms with Crippen molar-refractivity contribution in [3.8, 4) is 0 Å². The van der Waals surface area contributed by atoms with Gasteiger partial charge in [0.1, 0.15) is 5.78 Å². The van der Waals surface area contributed by atoms with E-state index in [0.717, 1.165) is 38.5 Å². The van der Waals surface area contributed by atoms with E-state index < -0.39 is 5.60 Å². The van der Waals surface area contributed by atoms with Crippen LogP contribution >= 0.6 is 0 Å². The number of hydrogen-bond acceptors (Lipinski definition) is 2. The van der Waals surface area contributed by atoms with Crippen molar-refractivity contribution in [2.45, 2.75) is 50.5 Å². The van der Waals surface area contributed by atoms with Gasteiger partial charge in [-0.25, -0.2) is 0 Å². The molecule has 2 bridgehead atoms. The first kappa shape index (κ1) is 8.90. The highest BCUT2D eigenvalue weighted by atomic mass is 16.3. The molecule has 0 spiro atoms. The van der Waals surface area contributed by atoms with Crippen LogP contribution in [-0.2, 0) is 4.79 Å². The predicted octanol–water partition coefficient (Wildman–Crippen LogP) is 1.91. The van der Waals surface area contributed by atoms with E-state index in [-0.39, 0.29) is 5.92 Å². The lowest BCUT2D eigenvalue weighted by molar-refractivity contribution is -0.152. The summed E-state index contributed by atoms with van der Waals surface area (Å²) in [6.07, 6.45) is 7.37. The summed E-state index contributed by atoms with van der Waals surface area (Å²) in [6, 6.07) is 0. The van der Waals surface area contributed by atoms with Gasteiger partial charge in [-0.05, 0) is 38.0 Å². The van der Waals surface area contributed by atoms with Crippen molar-refractivity contribution in [1.29, 1.82) is 0 Å². The highest BCUT2D eigenvalue weighted by molar-refractivity contribution is 5.87. The first-order chi connectivity index (χ1) is 6.72. The molecular weight excluding hydrogens is 176 g/mol. The van der Waals surface area contributed by atoms with Crippen LogP contribution in [-0.4, -0.2) is 16.5 Å². The monoisotopic (exact) mass is 194 g/mol. The van der Waals surface area contributed by atoms with Crippen LogP contribution in [0.15, 0.2) is 0 Å². The number of carbonyl (C=O) groups is 1. The minimum absolute atomic E-state index is 0.00606. The third-order valence-corrected chi connectivity index (χ3v) is 4.81. The van der Waals surface area contributed by atoms with Crippen LogP contribution in [0.5, 0.6) is 0 Å². The normalized spacial score (nSPS) is 51.8. The van der Waals surface area contributed by atoms with E-state index in [2.05, 4.69) is 0 Å². The van der Waals surface area contributed by atoms with Crippen LogP contribution in [0.25, 0.3) is 0 Å². The number of ketones is 1. The second-order valence-electron chi connectivity index (χ2n) is 5.40. The van der Waals surface area contributed by atoms with Crippen molar-refractivity contribution in [3.63, 3.8) is 0 Å². The summed E-state index contributed by atoms with van der Waals surface area (Å²) in [4.78, 5) is 11.9.